The molecule has 0 fully saturated rings. The Kier molecular flexibility index (Phi) is 4.96. The Balaban J connectivity index is 1.90. The molecule has 6 heteroatoms. The average molecular weight is 369 g/mol. The number of benzene rings is 1. The predicted molar refractivity (Wildman–Crippen MR) is 107 cm³/mol. The number of anilines is 1. The second-order valence-corrected chi connectivity index (χ2v) is 8.41. The highest BCUT2D eigenvalue weighted by Crippen LogP contribution is 2.32. The Morgan fingerprint density at radius 2 is 1.96 bits per heavy atom. The van der Waals surface area contributed by atoms with E-state index in [1.54, 1.807) is 7.11 Å². The smallest absolute Gasteiger partial charge is 0.226 e. The van der Waals surface area contributed by atoms with E-state index in [-0.39, 0.29) is 11.3 Å². The van der Waals surface area contributed by atoms with E-state index in [1.807, 2.05) is 57.3 Å². The van der Waals surface area contributed by atoms with Gasteiger partial charge in [0.1, 0.15) is 11.4 Å². The number of carbonyl (C=O) groups is 1. The molecule has 2 heterocycles. The number of hydrogen-bond donors (Lipinski definition) is 1. The largest absolute Gasteiger partial charge is 0.496 e. The van der Waals surface area contributed by atoms with Crippen LogP contribution in [0.4, 0.5) is 5.13 Å². The third-order valence-electron chi connectivity index (χ3n) is 3.85. The normalized spacial score (nSPS) is 11.6. The first-order chi connectivity index (χ1) is 12.2. The van der Waals surface area contributed by atoms with E-state index in [4.69, 9.17) is 9.72 Å². The number of carbonyl (C=O) groups excluding carboxylic acids is 1. The van der Waals surface area contributed by atoms with Crippen LogP contribution in [0.1, 0.15) is 32.8 Å². The van der Waals surface area contributed by atoms with Crippen LogP contribution in [-0.4, -0.2) is 23.0 Å². The first-order valence-electron chi connectivity index (χ1n) is 8.46. The molecule has 0 saturated heterocycles. The lowest BCUT2D eigenvalue weighted by atomic mass is 9.92. The molecule has 0 spiro atoms. The number of fused-ring (bicyclic) bond motifs is 1. The number of pyridine rings is 1. The average Bonchev–Trinajstić information content (AvgIpc) is 2.99. The van der Waals surface area contributed by atoms with Crippen molar-refractivity contribution in [3.63, 3.8) is 0 Å². The number of aromatic nitrogens is 2. The molecule has 136 valence electrons. The highest BCUT2D eigenvalue weighted by atomic mass is 32.1. The minimum absolute atomic E-state index is 0.0296. The molecule has 0 unspecified atom stereocenters. The van der Waals surface area contributed by atoms with Crippen molar-refractivity contribution >= 4 is 33.3 Å². The number of nitrogens with one attached hydrogen (secondary N) is 1. The Labute approximate surface area is 157 Å². The van der Waals surface area contributed by atoms with Crippen LogP contribution >= 0.6 is 11.3 Å². The summed E-state index contributed by atoms with van der Waals surface area (Å²) in [5.74, 6) is 0.731. The van der Waals surface area contributed by atoms with Gasteiger partial charge >= 0.3 is 0 Å². The molecule has 0 radical (unpaired) electrons. The van der Waals surface area contributed by atoms with E-state index in [9.17, 15) is 4.79 Å². The first kappa shape index (κ1) is 18.3. The standard InChI is InChI=1S/C20H23N3O2S/c1-12-6-7-13-14(8-12)21-15(9-17(13)25-5)16-11-26-19(22-16)23-18(24)10-20(2,3)4/h6-9,11H,10H2,1-5H3,(H,22,23,24). The molecule has 26 heavy (non-hydrogen) atoms. The fourth-order valence-electron chi connectivity index (χ4n) is 2.70. The molecule has 0 aliphatic heterocycles. The van der Waals surface area contributed by atoms with Gasteiger partial charge in [-0.1, -0.05) is 26.8 Å². The van der Waals surface area contributed by atoms with Gasteiger partial charge in [-0.25, -0.2) is 9.97 Å². The van der Waals surface area contributed by atoms with E-state index in [2.05, 4.69) is 10.3 Å². The lowest BCUT2D eigenvalue weighted by Crippen LogP contribution is -2.19. The number of ether oxygens (including phenoxy) is 1. The van der Waals surface area contributed by atoms with Crippen LogP contribution in [0.2, 0.25) is 0 Å². The van der Waals surface area contributed by atoms with Crippen LogP contribution in [-0.2, 0) is 4.79 Å². The van der Waals surface area contributed by atoms with Crippen molar-refractivity contribution in [2.24, 2.45) is 5.41 Å². The highest BCUT2D eigenvalue weighted by Gasteiger charge is 2.17. The predicted octanol–water partition coefficient (Wildman–Crippen LogP) is 5.05. The third kappa shape index (κ3) is 4.19. The third-order valence-corrected chi connectivity index (χ3v) is 4.61. The summed E-state index contributed by atoms with van der Waals surface area (Å²) < 4.78 is 5.52. The molecular formula is C20H23N3O2S. The van der Waals surface area contributed by atoms with Gasteiger partial charge in [-0.15, -0.1) is 11.3 Å². The second-order valence-electron chi connectivity index (χ2n) is 7.55. The molecule has 0 aliphatic carbocycles. The zero-order valence-electron chi connectivity index (χ0n) is 15.7. The SMILES string of the molecule is COc1cc(-c2csc(NC(=O)CC(C)(C)C)n2)nc2cc(C)ccc12. The Morgan fingerprint density at radius 3 is 2.65 bits per heavy atom. The van der Waals surface area contributed by atoms with Gasteiger partial charge in [-0.3, -0.25) is 4.79 Å². The molecule has 0 bridgehead atoms. The van der Waals surface area contributed by atoms with Crippen LogP contribution in [0.15, 0.2) is 29.6 Å². The highest BCUT2D eigenvalue weighted by molar-refractivity contribution is 7.14. The van der Waals surface area contributed by atoms with Crippen molar-refractivity contribution in [1.29, 1.82) is 0 Å². The van der Waals surface area contributed by atoms with Crippen LogP contribution < -0.4 is 10.1 Å². The van der Waals surface area contributed by atoms with Gasteiger partial charge < -0.3 is 10.1 Å². The number of amides is 1. The number of methoxy groups -OCH3 is 1. The number of hydrogen-bond acceptors (Lipinski definition) is 5. The number of aryl methyl sites for hydroxylation is 1. The van der Waals surface area contributed by atoms with Gasteiger partial charge in [0.25, 0.3) is 0 Å². The summed E-state index contributed by atoms with van der Waals surface area (Å²) in [6.45, 7) is 8.14. The van der Waals surface area contributed by atoms with E-state index in [1.165, 1.54) is 11.3 Å². The molecule has 3 rings (SSSR count). The quantitative estimate of drug-likeness (QED) is 0.699. The maximum absolute atomic E-state index is 12.1. The summed E-state index contributed by atoms with van der Waals surface area (Å²) in [6, 6.07) is 7.96. The zero-order valence-corrected chi connectivity index (χ0v) is 16.5. The van der Waals surface area contributed by atoms with E-state index in [0.29, 0.717) is 11.6 Å². The molecule has 0 atom stereocenters. The van der Waals surface area contributed by atoms with Crippen LogP contribution in [0.25, 0.3) is 22.3 Å². The monoisotopic (exact) mass is 369 g/mol. The molecule has 0 saturated carbocycles. The van der Waals surface area contributed by atoms with Gasteiger partial charge in [-0.05, 0) is 30.0 Å². The zero-order chi connectivity index (χ0) is 18.9. The molecular weight excluding hydrogens is 346 g/mol. The van der Waals surface area contributed by atoms with Crippen LogP contribution in [0.3, 0.4) is 0 Å². The summed E-state index contributed by atoms with van der Waals surface area (Å²) in [5.41, 5.74) is 3.40. The molecule has 1 N–H and O–H groups in total. The van der Waals surface area contributed by atoms with Gasteiger partial charge in [-0.2, -0.15) is 0 Å². The summed E-state index contributed by atoms with van der Waals surface area (Å²) in [6.07, 6.45) is 0.448. The Hall–Kier alpha value is -2.47. The fraction of sp³-hybridized carbons (Fsp3) is 0.350. The Bertz CT molecular complexity index is 957. The number of rotatable bonds is 4. The van der Waals surface area contributed by atoms with Gasteiger partial charge in [0.15, 0.2) is 5.13 Å². The summed E-state index contributed by atoms with van der Waals surface area (Å²) in [4.78, 5) is 21.3. The topological polar surface area (TPSA) is 64.1 Å². The van der Waals surface area contributed by atoms with Crippen molar-refractivity contribution in [1.82, 2.24) is 9.97 Å². The Morgan fingerprint density at radius 1 is 1.19 bits per heavy atom. The molecule has 2 aromatic heterocycles. The van der Waals surface area contributed by atoms with Crippen molar-refractivity contribution in [3.8, 4) is 17.1 Å². The maximum Gasteiger partial charge on any atom is 0.226 e. The van der Waals surface area contributed by atoms with E-state index >= 15 is 0 Å². The van der Waals surface area contributed by atoms with Gasteiger partial charge in [0, 0.05) is 23.3 Å². The van der Waals surface area contributed by atoms with Crippen molar-refractivity contribution in [3.05, 3.63) is 35.2 Å². The molecule has 5 nitrogen and oxygen atoms in total. The van der Waals surface area contributed by atoms with Gasteiger partial charge in [0.2, 0.25) is 5.91 Å². The van der Waals surface area contributed by atoms with E-state index < -0.39 is 0 Å². The molecule has 0 aliphatic rings. The minimum atomic E-state index is -0.0602. The lowest BCUT2D eigenvalue weighted by Gasteiger charge is -2.16. The fourth-order valence-corrected chi connectivity index (χ4v) is 3.42. The summed E-state index contributed by atoms with van der Waals surface area (Å²) >= 11 is 1.40. The van der Waals surface area contributed by atoms with E-state index in [0.717, 1.165) is 33.6 Å². The molecule has 1 aromatic carbocycles. The van der Waals surface area contributed by atoms with Crippen molar-refractivity contribution in [2.75, 3.05) is 12.4 Å². The molecule has 3 aromatic rings. The first-order valence-corrected chi connectivity index (χ1v) is 9.34. The number of nitrogens with zero attached hydrogens (tertiary/aromatic N) is 2. The van der Waals surface area contributed by atoms with Crippen LogP contribution in [0.5, 0.6) is 5.75 Å². The van der Waals surface area contributed by atoms with Crippen molar-refractivity contribution < 1.29 is 9.53 Å². The second kappa shape index (κ2) is 7.03. The summed E-state index contributed by atoms with van der Waals surface area (Å²) in [7, 11) is 1.65. The summed E-state index contributed by atoms with van der Waals surface area (Å²) in [5, 5.41) is 6.32. The maximum atomic E-state index is 12.1. The molecule has 1 amide bonds. The van der Waals surface area contributed by atoms with Crippen LogP contribution in [0, 0.1) is 12.3 Å². The minimum Gasteiger partial charge on any atom is -0.496 e. The van der Waals surface area contributed by atoms with Crippen molar-refractivity contribution in [2.45, 2.75) is 34.1 Å². The number of thiazole rings is 1. The lowest BCUT2D eigenvalue weighted by molar-refractivity contribution is -0.117. The van der Waals surface area contributed by atoms with Gasteiger partial charge in [0.05, 0.1) is 18.3 Å².